The first-order valence-electron chi connectivity index (χ1n) is 6.95. The molecule has 0 amide bonds. The van der Waals surface area contributed by atoms with Crippen LogP contribution in [0.25, 0.3) is 0 Å². The van der Waals surface area contributed by atoms with E-state index < -0.39 is 10.0 Å². The standard InChI is InChI=1S/C13H28N2O2S/c1-13(2,3)12-6-9-15(10-7-12)18(16,17)11-5-4-8-14/h12H,4-11,14H2,1-3H3. The molecule has 0 aromatic rings. The maximum Gasteiger partial charge on any atom is 0.214 e. The summed E-state index contributed by atoms with van der Waals surface area (Å²) >= 11 is 0. The number of sulfonamides is 1. The summed E-state index contributed by atoms with van der Waals surface area (Å²) in [6.45, 7) is 8.66. The van der Waals surface area contributed by atoms with Crippen LogP contribution >= 0.6 is 0 Å². The largest absolute Gasteiger partial charge is 0.330 e. The van der Waals surface area contributed by atoms with Crippen molar-refractivity contribution in [3.05, 3.63) is 0 Å². The summed E-state index contributed by atoms with van der Waals surface area (Å²) in [7, 11) is -3.05. The number of rotatable bonds is 5. The highest BCUT2D eigenvalue weighted by molar-refractivity contribution is 7.89. The highest BCUT2D eigenvalue weighted by atomic mass is 32.2. The van der Waals surface area contributed by atoms with Gasteiger partial charge in [0.2, 0.25) is 10.0 Å². The molecule has 1 saturated heterocycles. The fourth-order valence-electron chi connectivity index (χ4n) is 2.56. The molecule has 0 radical (unpaired) electrons. The van der Waals surface area contributed by atoms with Gasteiger partial charge in [-0.1, -0.05) is 20.8 Å². The molecule has 4 nitrogen and oxygen atoms in total. The van der Waals surface area contributed by atoms with E-state index in [2.05, 4.69) is 20.8 Å². The van der Waals surface area contributed by atoms with Gasteiger partial charge in [0, 0.05) is 13.1 Å². The lowest BCUT2D eigenvalue weighted by atomic mass is 9.76. The summed E-state index contributed by atoms with van der Waals surface area (Å²) in [4.78, 5) is 0. The average Bonchev–Trinajstić information content (AvgIpc) is 2.28. The van der Waals surface area contributed by atoms with Gasteiger partial charge in [0.15, 0.2) is 0 Å². The van der Waals surface area contributed by atoms with Gasteiger partial charge in [-0.2, -0.15) is 0 Å². The van der Waals surface area contributed by atoms with E-state index in [4.69, 9.17) is 5.73 Å². The van der Waals surface area contributed by atoms with Crippen molar-refractivity contribution in [1.29, 1.82) is 0 Å². The first-order chi connectivity index (χ1) is 8.27. The Kier molecular flexibility index (Phi) is 5.62. The SMILES string of the molecule is CC(C)(C)C1CCN(S(=O)(=O)CCCCN)CC1. The Morgan fingerprint density at radius 3 is 2.17 bits per heavy atom. The van der Waals surface area contributed by atoms with Crippen molar-refractivity contribution < 1.29 is 8.42 Å². The maximum absolute atomic E-state index is 12.1. The van der Waals surface area contributed by atoms with E-state index in [0.29, 0.717) is 32.0 Å². The fraction of sp³-hybridized carbons (Fsp3) is 1.00. The van der Waals surface area contributed by atoms with E-state index in [9.17, 15) is 8.42 Å². The Labute approximate surface area is 112 Å². The van der Waals surface area contributed by atoms with Gasteiger partial charge in [0.1, 0.15) is 0 Å². The second-order valence-electron chi connectivity index (χ2n) is 6.35. The smallest absolute Gasteiger partial charge is 0.214 e. The summed E-state index contributed by atoms with van der Waals surface area (Å²) < 4.78 is 25.9. The minimum Gasteiger partial charge on any atom is -0.330 e. The Morgan fingerprint density at radius 1 is 1.17 bits per heavy atom. The summed E-state index contributed by atoms with van der Waals surface area (Å²) in [5, 5.41) is 0. The van der Waals surface area contributed by atoms with Crippen molar-refractivity contribution in [2.24, 2.45) is 17.1 Å². The first-order valence-corrected chi connectivity index (χ1v) is 8.56. The quantitative estimate of drug-likeness (QED) is 0.779. The summed E-state index contributed by atoms with van der Waals surface area (Å²) in [6, 6.07) is 0. The van der Waals surface area contributed by atoms with E-state index in [0.717, 1.165) is 19.3 Å². The predicted octanol–water partition coefficient (Wildman–Crippen LogP) is 1.81. The Balaban J connectivity index is 2.47. The third kappa shape index (κ3) is 4.52. The van der Waals surface area contributed by atoms with Crippen molar-refractivity contribution in [3.63, 3.8) is 0 Å². The number of piperidine rings is 1. The van der Waals surface area contributed by atoms with Crippen molar-refractivity contribution in [3.8, 4) is 0 Å². The summed E-state index contributed by atoms with van der Waals surface area (Å²) in [5.41, 5.74) is 5.68. The number of unbranched alkanes of at least 4 members (excludes halogenated alkanes) is 1. The van der Waals surface area contributed by atoms with Crippen LogP contribution in [0.3, 0.4) is 0 Å². The molecular weight excluding hydrogens is 248 g/mol. The molecule has 1 rings (SSSR count). The maximum atomic E-state index is 12.1. The molecular formula is C13H28N2O2S. The van der Waals surface area contributed by atoms with Crippen molar-refractivity contribution >= 4 is 10.0 Å². The molecule has 1 aliphatic rings. The summed E-state index contributed by atoms with van der Waals surface area (Å²) in [6.07, 6.45) is 3.44. The Bertz CT molecular complexity index is 338. The number of nitrogens with two attached hydrogens (primary N) is 1. The molecule has 0 saturated carbocycles. The average molecular weight is 276 g/mol. The number of hydrogen-bond acceptors (Lipinski definition) is 3. The molecule has 18 heavy (non-hydrogen) atoms. The molecule has 0 aliphatic carbocycles. The third-order valence-corrected chi connectivity index (χ3v) is 5.88. The van der Waals surface area contributed by atoms with E-state index in [1.807, 2.05) is 0 Å². The third-order valence-electron chi connectivity index (χ3n) is 3.93. The second-order valence-corrected chi connectivity index (χ2v) is 8.44. The molecule has 1 fully saturated rings. The van der Waals surface area contributed by atoms with E-state index >= 15 is 0 Å². The first kappa shape index (κ1) is 15.9. The lowest BCUT2D eigenvalue weighted by Gasteiger charge is -2.38. The van der Waals surface area contributed by atoms with Gasteiger partial charge in [-0.25, -0.2) is 12.7 Å². The lowest BCUT2D eigenvalue weighted by molar-refractivity contribution is 0.154. The van der Waals surface area contributed by atoms with Crippen LogP contribution in [0.2, 0.25) is 0 Å². The predicted molar refractivity (Wildman–Crippen MR) is 75.8 cm³/mol. The van der Waals surface area contributed by atoms with Crippen molar-refractivity contribution in [2.45, 2.75) is 46.5 Å². The topological polar surface area (TPSA) is 63.4 Å². The Morgan fingerprint density at radius 2 is 1.72 bits per heavy atom. The van der Waals surface area contributed by atoms with E-state index in [-0.39, 0.29) is 11.2 Å². The van der Waals surface area contributed by atoms with Gasteiger partial charge >= 0.3 is 0 Å². The fourth-order valence-corrected chi connectivity index (χ4v) is 4.15. The zero-order chi connectivity index (χ0) is 13.8. The minimum absolute atomic E-state index is 0.254. The molecule has 1 aliphatic heterocycles. The van der Waals surface area contributed by atoms with Crippen LogP contribution in [0, 0.1) is 11.3 Å². The molecule has 0 atom stereocenters. The van der Waals surface area contributed by atoms with Crippen molar-refractivity contribution in [2.75, 3.05) is 25.4 Å². The molecule has 108 valence electrons. The second kappa shape index (κ2) is 6.35. The number of nitrogens with zero attached hydrogens (tertiary/aromatic N) is 1. The van der Waals surface area contributed by atoms with Gasteiger partial charge < -0.3 is 5.73 Å². The van der Waals surface area contributed by atoms with Crippen LogP contribution < -0.4 is 5.73 Å². The highest BCUT2D eigenvalue weighted by Gasteiger charge is 2.32. The zero-order valence-corrected chi connectivity index (χ0v) is 12.8. The van der Waals surface area contributed by atoms with Gasteiger partial charge in [0.05, 0.1) is 5.75 Å². The van der Waals surface area contributed by atoms with Crippen LogP contribution in [0.4, 0.5) is 0 Å². The van der Waals surface area contributed by atoms with E-state index in [1.165, 1.54) is 0 Å². The van der Waals surface area contributed by atoms with Crippen LogP contribution in [-0.4, -0.2) is 38.1 Å². The normalized spacial score (nSPS) is 20.2. The molecule has 0 spiro atoms. The zero-order valence-electron chi connectivity index (χ0n) is 12.0. The molecule has 0 aromatic heterocycles. The number of hydrogen-bond donors (Lipinski definition) is 1. The highest BCUT2D eigenvalue weighted by Crippen LogP contribution is 2.34. The van der Waals surface area contributed by atoms with Crippen LogP contribution in [-0.2, 0) is 10.0 Å². The van der Waals surface area contributed by atoms with Crippen LogP contribution in [0.5, 0.6) is 0 Å². The van der Waals surface area contributed by atoms with E-state index in [1.54, 1.807) is 4.31 Å². The molecule has 1 heterocycles. The molecule has 0 unspecified atom stereocenters. The monoisotopic (exact) mass is 276 g/mol. The van der Waals surface area contributed by atoms with Gasteiger partial charge in [-0.15, -0.1) is 0 Å². The van der Waals surface area contributed by atoms with Crippen LogP contribution in [0.1, 0.15) is 46.5 Å². The lowest BCUT2D eigenvalue weighted by Crippen LogP contribution is -2.42. The van der Waals surface area contributed by atoms with Crippen molar-refractivity contribution in [1.82, 2.24) is 4.31 Å². The minimum atomic E-state index is -3.05. The Hall–Kier alpha value is -0.130. The molecule has 2 N–H and O–H groups in total. The molecule has 0 bridgehead atoms. The summed E-state index contributed by atoms with van der Waals surface area (Å²) in [5.74, 6) is 0.887. The van der Waals surface area contributed by atoms with Gasteiger partial charge in [0.25, 0.3) is 0 Å². The van der Waals surface area contributed by atoms with Gasteiger partial charge in [-0.05, 0) is 43.6 Å². The van der Waals surface area contributed by atoms with Gasteiger partial charge in [-0.3, -0.25) is 0 Å². The molecule has 5 heteroatoms. The molecule has 0 aromatic carbocycles. The van der Waals surface area contributed by atoms with Crippen LogP contribution in [0.15, 0.2) is 0 Å².